The average molecular weight is 593 g/mol. The monoisotopic (exact) mass is 592 g/mol. The molecule has 0 aliphatic heterocycles. The Labute approximate surface area is 267 Å². The minimum Gasteiger partial charge on any atom is -0.309 e. The van der Waals surface area contributed by atoms with Gasteiger partial charge in [0.25, 0.3) is 0 Å². The minimum absolute atomic E-state index is 0.00258. The van der Waals surface area contributed by atoms with Gasteiger partial charge in [0.1, 0.15) is 5.82 Å². The molecule has 4 aromatic heterocycles. The smallest absolute Gasteiger partial charge is 0.137 e. The van der Waals surface area contributed by atoms with E-state index in [0.717, 1.165) is 39.3 Å². The molecule has 0 spiro atoms. The van der Waals surface area contributed by atoms with Crippen molar-refractivity contribution in [2.24, 2.45) is 0 Å². The second-order valence-electron chi connectivity index (χ2n) is 13.1. The number of benzene rings is 5. The molecular formula is C42H32N4. The summed E-state index contributed by atoms with van der Waals surface area (Å²) >= 11 is 0. The summed E-state index contributed by atoms with van der Waals surface area (Å²) in [5.74, 6) is 0.930. The van der Waals surface area contributed by atoms with E-state index in [1.807, 2.05) is 24.5 Å². The third-order valence-electron chi connectivity index (χ3n) is 9.37. The summed E-state index contributed by atoms with van der Waals surface area (Å²) in [6, 6.07) is 45.9. The van der Waals surface area contributed by atoms with Crippen molar-refractivity contribution in [2.75, 3.05) is 0 Å². The number of rotatable bonds is 3. The topological polar surface area (TPSA) is 35.6 Å². The number of nitrogens with zero attached hydrogens (tertiary/aromatic N) is 4. The molecule has 4 nitrogen and oxygen atoms in total. The summed E-state index contributed by atoms with van der Waals surface area (Å²) < 4.78 is 4.79. The third kappa shape index (κ3) is 3.93. The molecule has 0 amide bonds. The van der Waals surface area contributed by atoms with Gasteiger partial charge < -0.3 is 4.57 Å². The van der Waals surface area contributed by atoms with E-state index in [4.69, 9.17) is 4.98 Å². The highest BCUT2D eigenvalue weighted by Gasteiger charge is 2.22. The standard InChI is InChI=1S/C42H32N4/c1-42(2,3)28-21-23-44-40(25-28)46-36-18-9-7-15-33(36)41-32-14-5-4-13-30(32)38(26-39(41)46)45-35-17-8-6-12-29(35)31-20-19-27(24-37(31)45)34-16-10-11-22-43-34/h4-26H,1-3H3. The number of pyridine rings is 2. The van der Waals surface area contributed by atoms with Crippen LogP contribution in [0.2, 0.25) is 0 Å². The second kappa shape index (κ2) is 9.88. The highest BCUT2D eigenvalue weighted by atomic mass is 15.1. The fourth-order valence-corrected chi connectivity index (χ4v) is 7.17. The molecule has 0 atom stereocenters. The minimum atomic E-state index is 0.00258. The van der Waals surface area contributed by atoms with Crippen molar-refractivity contribution in [1.29, 1.82) is 0 Å². The van der Waals surface area contributed by atoms with Crippen molar-refractivity contribution in [3.05, 3.63) is 145 Å². The van der Waals surface area contributed by atoms with Crippen LogP contribution in [0.4, 0.5) is 0 Å². The van der Waals surface area contributed by atoms with Crippen LogP contribution < -0.4 is 0 Å². The first-order valence-corrected chi connectivity index (χ1v) is 15.8. The molecule has 0 radical (unpaired) electrons. The van der Waals surface area contributed by atoms with Crippen molar-refractivity contribution in [3.8, 4) is 22.8 Å². The summed E-state index contributed by atoms with van der Waals surface area (Å²) in [7, 11) is 0. The van der Waals surface area contributed by atoms with Crippen LogP contribution in [0.5, 0.6) is 0 Å². The van der Waals surface area contributed by atoms with Crippen LogP contribution in [-0.2, 0) is 5.41 Å². The lowest BCUT2D eigenvalue weighted by Gasteiger charge is -2.20. The number of para-hydroxylation sites is 2. The van der Waals surface area contributed by atoms with Crippen LogP contribution in [0.15, 0.2) is 140 Å². The molecule has 0 N–H and O–H groups in total. The Kier molecular flexibility index (Phi) is 5.72. The summed E-state index contributed by atoms with van der Waals surface area (Å²) in [5.41, 5.74) is 9.09. The average Bonchev–Trinajstić information content (AvgIpc) is 3.60. The molecule has 0 aliphatic rings. The predicted octanol–water partition coefficient (Wildman–Crippen LogP) is 10.8. The number of hydrogen-bond acceptors (Lipinski definition) is 2. The van der Waals surface area contributed by atoms with Crippen molar-refractivity contribution in [3.63, 3.8) is 0 Å². The molecule has 0 unspecified atom stereocenters. The van der Waals surface area contributed by atoms with E-state index in [0.29, 0.717) is 0 Å². The number of fused-ring (bicyclic) bond motifs is 8. The highest BCUT2D eigenvalue weighted by Crippen LogP contribution is 2.42. The molecule has 9 aromatic rings. The van der Waals surface area contributed by atoms with Crippen LogP contribution in [-0.4, -0.2) is 19.1 Å². The summed E-state index contributed by atoms with van der Waals surface area (Å²) in [5, 5.41) is 7.36. The fraction of sp³-hybridized carbons (Fsp3) is 0.0952. The lowest BCUT2D eigenvalue weighted by molar-refractivity contribution is 0.588. The van der Waals surface area contributed by atoms with Gasteiger partial charge in [-0.25, -0.2) is 4.98 Å². The lowest BCUT2D eigenvalue weighted by Crippen LogP contribution is -2.12. The van der Waals surface area contributed by atoms with Crippen LogP contribution >= 0.6 is 0 Å². The molecule has 4 heteroatoms. The maximum absolute atomic E-state index is 4.96. The van der Waals surface area contributed by atoms with Crippen molar-refractivity contribution >= 4 is 54.4 Å². The van der Waals surface area contributed by atoms with Gasteiger partial charge in [-0.1, -0.05) is 99.6 Å². The van der Waals surface area contributed by atoms with Gasteiger partial charge in [0.05, 0.1) is 33.4 Å². The molecule has 0 bridgehead atoms. The SMILES string of the molecule is CC(C)(C)c1ccnc(-n2c3ccccc3c3c4ccccc4c(-n4c5ccccc5c5ccc(-c6ccccn6)cc54)cc32)c1. The Morgan fingerprint density at radius 1 is 0.478 bits per heavy atom. The van der Waals surface area contributed by atoms with Gasteiger partial charge in [-0.15, -0.1) is 0 Å². The van der Waals surface area contributed by atoms with Crippen molar-refractivity contribution < 1.29 is 0 Å². The van der Waals surface area contributed by atoms with E-state index < -0.39 is 0 Å². The molecule has 46 heavy (non-hydrogen) atoms. The Morgan fingerprint density at radius 2 is 1.15 bits per heavy atom. The summed E-state index contributed by atoms with van der Waals surface area (Å²) in [6.45, 7) is 6.77. The Hall–Kier alpha value is -5.74. The summed E-state index contributed by atoms with van der Waals surface area (Å²) in [4.78, 5) is 9.64. The van der Waals surface area contributed by atoms with Gasteiger partial charge in [0.2, 0.25) is 0 Å². The molecule has 5 aromatic carbocycles. The lowest BCUT2D eigenvalue weighted by atomic mass is 9.88. The van der Waals surface area contributed by atoms with E-state index in [9.17, 15) is 0 Å². The molecule has 9 rings (SSSR count). The van der Waals surface area contributed by atoms with Crippen LogP contribution in [0.1, 0.15) is 26.3 Å². The normalized spacial score (nSPS) is 12.2. The molecule has 0 saturated carbocycles. The van der Waals surface area contributed by atoms with Crippen LogP contribution in [0.3, 0.4) is 0 Å². The van der Waals surface area contributed by atoms with E-state index in [-0.39, 0.29) is 5.41 Å². The maximum Gasteiger partial charge on any atom is 0.137 e. The zero-order chi connectivity index (χ0) is 31.0. The van der Waals surface area contributed by atoms with Gasteiger partial charge in [-0.2, -0.15) is 0 Å². The molecule has 0 saturated heterocycles. The molecule has 220 valence electrons. The van der Waals surface area contributed by atoms with E-state index in [1.165, 1.54) is 43.4 Å². The Morgan fingerprint density at radius 3 is 1.91 bits per heavy atom. The second-order valence-corrected chi connectivity index (χ2v) is 13.1. The number of aromatic nitrogens is 4. The first-order chi connectivity index (χ1) is 22.5. The van der Waals surface area contributed by atoms with E-state index in [1.54, 1.807) is 0 Å². The maximum atomic E-state index is 4.96. The highest BCUT2D eigenvalue weighted by molar-refractivity contribution is 6.24. The molecule has 4 heterocycles. The van der Waals surface area contributed by atoms with Crippen LogP contribution in [0.25, 0.3) is 77.1 Å². The molecule has 0 aliphatic carbocycles. The van der Waals surface area contributed by atoms with E-state index in [2.05, 4.69) is 150 Å². The van der Waals surface area contributed by atoms with Crippen molar-refractivity contribution in [1.82, 2.24) is 19.1 Å². The fourth-order valence-electron chi connectivity index (χ4n) is 7.17. The Balaban J connectivity index is 1.45. The summed E-state index contributed by atoms with van der Waals surface area (Å²) in [6.07, 6.45) is 3.81. The zero-order valence-corrected chi connectivity index (χ0v) is 26.1. The van der Waals surface area contributed by atoms with Gasteiger partial charge in [0.15, 0.2) is 0 Å². The van der Waals surface area contributed by atoms with Crippen molar-refractivity contribution in [2.45, 2.75) is 26.2 Å². The predicted molar refractivity (Wildman–Crippen MR) is 192 cm³/mol. The third-order valence-corrected chi connectivity index (χ3v) is 9.37. The van der Waals surface area contributed by atoms with E-state index >= 15 is 0 Å². The van der Waals surface area contributed by atoms with Gasteiger partial charge in [0, 0.05) is 44.9 Å². The zero-order valence-electron chi connectivity index (χ0n) is 26.1. The molecule has 0 fully saturated rings. The first-order valence-electron chi connectivity index (χ1n) is 15.8. The quantitative estimate of drug-likeness (QED) is 0.205. The van der Waals surface area contributed by atoms with Crippen LogP contribution in [0, 0.1) is 0 Å². The van der Waals surface area contributed by atoms with Gasteiger partial charge in [-0.3, -0.25) is 9.55 Å². The largest absolute Gasteiger partial charge is 0.309 e. The first kappa shape index (κ1) is 26.6. The Bertz CT molecular complexity index is 2620. The molecular weight excluding hydrogens is 560 g/mol. The number of hydrogen-bond donors (Lipinski definition) is 0. The van der Waals surface area contributed by atoms with Gasteiger partial charge >= 0.3 is 0 Å². The van der Waals surface area contributed by atoms with Gasteiger partial charge in [-0.05, 0) is 64.9 Å².